The van der Waals surface area contributed by atoms with Gasteiger partial charge in [0, 0.05) is 17.7 Å². The van der Waals surface area contributed by atoms with Crippen molar-refractivity contribution in [2.24, 2.45) is 0 Å². The van der Waals surface area contributed by atoms with Gasteiger partial charge < -0.3 is 5.32 Å². The molecule has 2 aromatic rings. The minimum Gasteiger partial charge on any atom is -0.326 e. The summed E-state index contributed by atoms with van der Waals surface area (Å²) in [5, 5.41) is 2.68. The van der Waals surface area contributed by atoms with Crippen molar-refractivity contribution in [3.8, 4) is 0 Å². The van der Waals surface area contributed by atoms with Crippen molar-refractivity contribution < 1.29 is 22.4 Å². The molecule has 2 amide bonds. The molecule has 2 aromatic carbocycles. The van der Waals surface area contributed by atoms with Gasteiger partial charge in [0.2, 0.25) is 5.91 Å². The van der Waals surface area contributed by atoms with Crippen LogP contribution >= 0.6 is 0 Å². The van der Waals surface area contributed by atoms with Crippen molar-refractivity contribution in [2.45, 2.75) is 17.7 Å². The van der Waals surface area contributed by atoms with Crippen LogP contribution < -0.4 is 10.0 Å². The second kappa shape index (κ2) is 6.04. The van der Waals surface area contributed by atoms with Crippen LogP contribution in [0.4, 0.5) is 10.1 Å². The lowest BCUT2D eigenvalue weighted by Crippen LogP contribution is -2.31. The molecule has 124 valence electrons. The lowest BCUT2D eigenvalue weighted by molar-refractivity contribution is -0.116. The van der Waals surface area contributed by atoms with Crippen molar-refractivity contribution in [2.75, 3.05) is 5.32 Å². The van der Waals surface area contributed by atoms with Crippen LogP contribution in [0.15, 0.2) is 47.4 Å². The number of anilines is 1. The van der Waals surface area contributed by atoms with E-state index in [0.29, 0.717) is 18.5 Å². The third-order valence-electron chi connectivity index (χ3n) is 3.61. The molecule has 0 saturated heterocycles. The van der Waals surface area contributed by atoms with Crippen molar-refractivity contribution in [1.82, 2.24) is 4.72 Å². The number of carbonyl (C=O) groups excluding carboxylic acids is 2. The number of sulfonamides is 1. The van der Waals surface area contributed by atoms with Gasteiger partial charge in [0.05, 0.1) is 4.90 Å². The average molecular weight is 348 g/mol. The Morgan fingerprint density at radius 1 is 1.08 bits per heavy atom. The highest BCUT2D eigenvalue weighted by atomic mass is 32.2. The van der Waals surface area contributed by atoms with E-state index in [9.17, 15) is 22.4 Å². The van der Waals surface area contributed by atoms with Crippen LogP contribution in [0.2, 0.25) is 0 Å². The number of halogens is 1. The molecule has 0 fully saturated rings. The van der Waals surface area contributed by atoms with Crippen molar-refractivity contribution in [3.05, 3.63) is 59.4 Å². The number of rotatable bonds is 3. The first kappa shape index (κ1) is 16.1. The average Bonchev–Trinajstić information content (AvgIpc) is 2.54. The quantitative estimate of drug-likeness (QED) is 0.885. The van der Waals surface area contributed by atoms with Crippen molar-refractivity contribution >= 4 is 27.5 Å². The molecule has 0 radical (unpaired) electrons. The molecule has 0 bridgehead atoms. The largest absolute Gasteiger partial charge is 0.326 e. The molecule has 6 nitrogen and oxygen atoms in total. The Labute approximate surface area is 137 Å². The molecular formula is C16H13FN2O4S. The summed E-state index contributed by atoms with van der Waals surface area (Å²) in [7, 11) is -4.09. The second-order valence-electron chi connectivity index (χ2n) is 5.31. The Hall–Kier alpha value is -2.74. The van der Waals surface area contributed by atoms with E-state index >= 15 is 0 Å². The number of benzene rings is 2. The molecule has 0 aliphatic carbocycles. The Morgan fingerprint density at radius 3 is 2.50 bits per heavy atom. The lowest BCUT2D eigenvalue weighted by atomic mass is 10.0. The van der Waals surface area contributed by atoms with E-state index in [4.69, 9.17) is 0 Å². The Bertz CT molecular complexity index is 924. The number of amides is 2. The predicted octanol–water partition coefficient (Wildman–Crippen LogP) is 1.83. The number of aryl methyl sites for hydroxylation is 1. The third-order valence-corrected chi connectivity index (χ3v) is 4.96. The van der Waals surface area contributed by atoms with E-state index in [2.05, 4.69) is 5.32 Å². The highest BCUT2D eigenvalue weighted by molar-refractivity contribution is 7.90. The zero-order chi connectivity index (χ0) is 17.3. The van der Waals surface area contributed by atoms with Crippen LogP contribution in [0.3, 0.4) is 0 Å². The number of nitrogens with one attached hydrogen (secondary N) is 2. The van der Waals surface area contributed by atoms with Crippen LogP contribution in [0.5, 0.6) is 0 Å². The summed E-state index contributed by atoms with van der Waals surface area (Å²) in [6.07, 6.45) is 0.791. The van der Waals surface area contributed by atoms with E-state index in [1.807, 2.05) is 4.72 Å². The molecule has 3 rings (SSSR count). The minimum absolute atomic E-state index is 0.0985. The second-order valence-corrected chi connectivity index (χ2v) is 6.99. The molecule has 1 aliphatic rings. The van der Waals surface area contributed by atoms with Crippen molar-refractivity contribution in [1.29, 1.82) is 0 Å². The zero-order valence-electron chi connectivity index (χ0n) is 12.4. The summed E-state index contributed by atoms with van der Waals surface area (Å²) in [6.45, 7) is 0. The molecule has 8 heteroatoms. The van der Waals surface area contributed by atoms with E-state index in [-0.39, 0.29) is 16.4 Å². The molecule has 0 atom stereocenters. The highest BCUT2D eigenvalue weighted by Crippen LogP contribution is 2.23. The standard InChI is InChI=1S/C16H13FN2O4S/c17-12-3-5-13(6-4-12)24(22,23)19-16(21)11-1-7-14-10(9-11)2-8-15(20)18-14/h1,3-7,9H,2,8H2,(H,18,20)(H,19,21). The van der Waals surface area contributed by atoms with Gasteiger partial charge in [-0.2, -0.15) is 0 Å². The van der Waals surface area contributed by atoms with Crippen LogP contribution in [0, 0.1) is 5.82 Å². The van der Waals surface area contributed by atoms with Crippen molar-refractivity contribution in [3.63, 3.8) is 0 Å². The highest BCUT2D eigenvalue weighted by Gasteiger charge is 2.21. The molecule has 24 heavy (non-hydrogen) atoms. The molecule has 2 N–H and O–H groups in total. The number of carbonyl (C=O) groups is 2. The normalized spacial score (nSPS) is 13.8. The van der Waals surface area contributed by atoms with Gasteiger partial charge in [-0.3, -0.25) is 9.59 Å². The first-order valence-corrected chi connectivity index (χ1v) is 8.59. The summed E-state index contributed by atoms with van der Waals surface area (Å²) < 4.78 is 39.1. The van der Waals surface area contributed by atoms with Gasteiger partial charge in [-0.15, -0.1) is 0 Å². The fourth-order valence-corrected chi connectivity index (χ4v) is 3.35. The third kappa shape index (κ3) is 3.28. The molecule has 0 spiro atoms. The number of fused-ring (bicyclic) bond motifs is 1. The molecule has 0 saturated carbocycles. The first-order chi connectivity index (χ1) is 11.3. The summed E-state index contributed by atoms with van der Waals surface area (Å²) in [5.74, 6) is -1.46. The molecule has 1 heterocycles. The van der Waals surface area contributed by atoms with Gasteiger partial charge in [0.15, 0.2) is 0 Å². The van der Waals surface area contributed by atoms with Gasteiger partial charge in [0.1, 0.15) is 5.82 Å². The van der Waals surface area contributed by atoms with Gasteiger partial charge in [-0.1, -0.05) is 0 Å². The maximum Gasteiger partial charge on any atom is 0.265 e. The van der Waals surface area contributed by atoms with Gasteiger partial charge in [-0.05, 0) is 54.4 Å². The van der Waals surface area contributed by atoms with E-state index < -0.39 is 21.7 Å². The Kier molecular flexibility index (Phi) is 4.06. The van der Waals surface area contributed by atoms with Crippen LogP contribution in [0.25, 0.3) is 0 Å². The first-order valence-electron chi connectivity index (χ1n) is 7.11. The monoisotopic (exact) mass is 348 g/mol. The lowest BCUT2D eigenvalue weighted by Gasteiger charge is -2.17. The smallest absolute Gasteiger partial charge is 0.265 e. The SMILES string of the molecule is O=C1CCc2cc(C(=O)NS(=O)(=O)c3ccc(F)cc3)ccc2N1. The summed E-state index contributed by atoms with van der Waals surface area (Å²) in [6, 6.07) is 8.69. The number of hydrogen-bond donors (Lipinski definition) is 2. The van der Waals surface area contributed by atoms with Gasteiger partial charge >= 0.3 is 0 Å². The van der Waals surface area contributed by atoms with E-state index in [1.165, 1.54) is 6.07 Å². The van der Waals surface area contributed by atoms with E-state index in [0.717, 1.165) is 29.8 Å². The topological polar surface area (TPSA) is 92.3 Å². The number of hydrogen-bond acceptors (Lipinski definition) is 4. The predicted molar refractivity (Wildman–Crippen MR) is 84.4 cm³/mol. The summed E-state index contributed by atoms with van der Waals surface area (Å²) in [5.41, 5.74) is 1.54. The molecule has 0 aromatic heterocycles. The van der Waals surface area contributed by atoms with Crippen LogP contribution in [-0.4, -0.2) is 20.2 Å². The zero-order valence-corrected chi connectivity index (χ0v) is 13.2. The molecular weight excluding hydrogens is 335 g/mol. The summed E-state index contributed by atoms with van der Waals surface area (Å²) >= 11 is 0. The van der Waals surface area contributed by atoms with Gasteiger partial charge in [-0.25, -0.2) is 17.5 Å². The maximum atomic E-state index is 12.9. The van der Waals surface area contributed by atoms with Crippen LogP contribution in [-0.2, 0) is 21.2 Å². The Balaban J connectivity index is 1.82. The van der Waals surface area contributed by atoms with E-state index in [1.54, 1.807) is 12.1 Å². The molecule has 0 unspecified atom stereocenters. The fraction of sp³-hybridized carbons (Fsp3) is 0.125. The van der Waals surface area contributed by atoms with Gasteiger partial charge in [0.25, 0.3) is 15.9 Å². The minimum atomic E-state index is -4.09. The molecule has 1 aliphatic heterocycles. The fourth-order valence-electron chi connectivity index (χ4n) is 2.38. The van der Waals surface area contributed by atoms with Crippen LogP contribution in [0.1, 0.15) is 22.3 Å². The maximum absolute atomic E-state index is 12.9. The summed E-state index contributed by atoms with van der Waals surface area (Å²) in [4.78, 5) is 23.3. The Morgan fingerprint density at radius 2 is 1.79 bits per heavy atom.